The molecule has 0 spiro atoms. The summed E-state index contributed by atoms with van der Waals surface area (Å²) in [6.45, 7) is 6.21. The summed E-state index contributed by atoms with van der Waals surface area (Å²) in [6.07, 6.45) is 1.73. The van der Waals surface area contributed by atoms with Crippen LogP contribution in [0.2, 0.25) is 0 Å². The molecule has 1 aromatic heterocycles. The van der Waals surface area contributed by atoms with Crippen molar-refractivity contribution in [3.8, 4) is 17.1 Å². The summed E-state index contributed by atoms with van der Waals surface area (Å²) in [7, 11) is 0. The predicted molar refractivity (Wildman–Crippen MR) is 108 cm³/mol. The summed E-state index contributed by atoms with van der Waals surface area (Å²) in [6, 6.07) is 14.6. The van der Waals surface area contributed by atoms with E-state index in [1.165, 1.54) is 11.8 Å². The predicted octanol–water partition coefficient (Wildman–Crippen LogP) is 3.88. The maximum Gasteiger partial charge on any atom is 0.234 e. The van der Waals surface area contributed by atoms with E-state index in [4.69, 9.17) is 0 Å². The first-order valence-corrected chi connectivity index (χ1v) is 9.39. The lowest BCUT2D eigenvalue weighted by atomic mass is 10.2. The lowest BCUT2D eigenvalue weighted by molar-refractivity contribution is -0.113. The minimum atomic E-state index is -0.122. The van der Waals surface area contributed by atoms with Gasteiger partial charge in [-0.25, -0.2) is 0 Å². The number of aromatic nitrogens is 3. The van der Waals surface area contributed by atoms with Gasteiger partial charge >= 0.3 is 0 Å². The number of anilines is 1. The number of carbonyl (C=O) groups is 1. The molecule has 3 rings (SSSR count). The van der Waals surface area contributed by atoms with Gasteiger partial charge < -0.3 is 10.4 Å². The van der Waals surface area contributed by atoms with Crippen molar-refractivity contribution in [3.05, 3.63) is 66.7 Å². The smallest absolute Gasteiger partial charge is 0.234 e. The van der Waals surface area contributed by atoms with Gasteiger partial charge in [-0.1, -0.05) is 42.1 Å². The van der Waals surface area contributed by atoms with Crippen LogP contribution in [0.25, 0.3) is 11.4 Å². The number of aromatic hydroxyl groups is 1. The van der Waals surface area contributed by atoms with Gasteiger partial charge in [0.1, 0.15) is 5.75 Å². The van der Waals surface area contributed by atoms with Crippen molar-refractivity contribution >= 4 is 23.4 Å². The molecule has 1 amide bonds. The second-order valence-corrected chi connectivity index (χ2v) is 6.87. The fraction of sp³-hybridized carbons (Fsp3) is 0.150. The summed E-state index contributed by atoms with van der Waals surface area (Å²) in [4.78, 5) is 12.2. The largest absolute Gasteiger partial charge is 0.507 e. The van der Waals surface area contributed by atoms with Crippen molar-refractivity contribution in [2.24, 2.45) is 0 Å². The van der Waals surface area contributed by atoms with E-state index in [0.717, 1.165) is 11.3 Å². The first-order valence-electron chi connectivity index (χ1n) is 8.40. The van der Waals surface area contributed by atoms with E-state index in [-0.39, 0.29) is 17.4 Å². The Labute approximate surface area is 162 Å². The van der Waals surface area contributed by atoms with E-state index < -0.39 is 0 Å². The first kappa shape index (κ1) is 18.7. The molecule has 0 atom stereocenters. The summed E-state index contributed by atoms with van der Waals surface area (Å²) < 4.78 is 1.83. The molecule has 0 aliphatic heterocycles. The number of allylic oxidation sites excluding steroid dienone is 1. The van der Waals surface area contributed by atoms with Crippen molar-refractivity contribution < 1.29 is 9.90 Å². The maximum absolute atomic E-state index is 12.2. The van der Waals surface area contributed by atoms with E-state index in [2.05, 4.69) is 22.1 Å². The zero-order chi connectivity index (χ0) is 19.2. The van der Waals surface area contributed by atoms with Crippen LogP contribution in [0.15, 0.2) is 66.3 Å². The maximum atomic E-state index is 12.2. The number of nitrogens with one attached hydrogen (secondary N) is 1. The van der Waals surface area contributed by atoms with Crippen LogP contribution < -0.4 is 5.32 Å². The van der Waals surface area contributed by atoms with Crippen LogP contribution in [0.1, 0.15) is 5.56 Å². The molecule has 0 bridgehead atoms. The van der Waals surface area contributed by atoms with Gasteiger partial charge in [0.25, 0.3) is 0 Å². The van der Waals surface area contributed by atoms with Crippen molar-refractivity contribution in [2.75, 3.05) is 11.1 Å². The molecule has 0 saturated carbocycles. The monoisotopic (exact) mass is 380 g/mol. The molecule has 2 aromatic carbocycles. The molecule has 0 radical (unpaired) electrons. The lowest BCUT2D eigenvalue weighted by Crippen LogP contribution is -2.14. The third-order valence-corrected chi connectivity index (χ3v) is 4.77. The van der Waals surface area contributed by atoms with Gasteiger partial charge in [0.2, 0.25) is 5.91 Å². The molecule has 0 aliphatic rings. The number of nitrogens with zero attached hydrogens (tertiary/aromatic N) is 3. The fourth-order valence-corrected chi connectivity index (χ4v) is 3.35. The van der Waals surface area contributed by atoms with E-state index in [1.807, 2.05) is 41.8 Å². The zero-order valence-electron chi connectivity index (χ0n) is 14.9. The molecule has 0 saturated heterocycles. The molecule has 27 heavy (non-hydrogen) atoms. The highest BCUT2D eigenvalue weighted by molar-refractivity contribution is 7.99. The first-order chi connectivity index (χ1) is 13.1. The number of carbonyl (C=O) groups excluding carboxylic acids is 1. The molecule has 0 aliphatic carbocycles. The van der Waals surface area contributed by atoms with E-state index in [1.54, 1.807) is 24.3 Å². The summed E-state index contributed by atoms with van der Waals surface area (Å²) >= 11 is 1.29. The highest BCUT2D eigenvalue weighted by Crippen LogP contribution is 2.30. The second-order valence-electron chi connectivity index (χ2n) is 5.93. The minimum absolute atomic E-state index is 0.122. The molecule has 1 heterocycles. The number of hydrogen-bond donors (Lipinski definition) is 2. The van der Waals surface area contributed by atoms with Gasteiger partial charge in [0.05, 0.1) is 11.3 Å². The van der Waals surface area contributed by atoms with Crippen LogP contribution in [-0.2, 0) is 11.3 Å². The number of benzene rings is 2. The van der Waals surface area contributed by atoms with Crippen LogP contribution in [0.5, 0.6) is 5.75 Å². The number of para-hydroxylation sites is 1. The van der Waals surface area contributed by atoms with Crippen molar-refractivity contribution in [1.82, 2.24) is 14.8 Å². The van der Waals surface area contributed by atoms with Gasteiger partial charge in [0.15, 0.2) is 11.0 Å². The van der Waals surface area contributed by atoms with Crippen molar-refractivity contribution in [3.63, 3.8) is 0 Å². The van der Waals surface area contributed by atoms with E-state index in [0.29, 0.717) is 23.1 Å². The second kappa shape index (κ2) is 8.55. The summed E-state index contributed by atoms with van der Waals surface area (Å²) in [5, 5.41) is 21.9. The highest BCUT2D eigenvalue weighted by Gasteiger charge is 2.17. The number of thioether (sulfide) groups is 1. The molecule has 6 nitrogen and oxygen atoms in total. The normalized spacial score (nSPS) is 10.6. The Bertz CT molecular complexity index is 968. The van der Waals surface area contributed by atoms with Crippen LogP contribution in [0.4, 0.5) is 5.69 Å². The SMILES string of the molecule is C=CCn1c(SCC(=O)Nc2cccc(C)c2)nnc1-c1ccccc1O. The molecule has 2 N–H and O–H groups in total. The van der Waals surface area contributed by atoms with Crippen molar-refractivity contribution in [2.45, 2.75) is 18.6 Å². The molecular formula is C20H20N4O2S. The van der Waals surface area contributed by atoms with Gasteiger partial charge in [-0.2, -0.15) is 0 Å². The summed E-state index contributed by atoms with van der Waals surface area (Å²) in [5.74, 6) is 0.741. The highest BCUT2D eigenvalue weighted by atomic mass is 32.2. The number of amides is 1. The average molecular weight is 380 g/mol. The number of aryl methyl sites for hydroxylation is 1. The molecule has 3 aromatic rings. The molecule has 138 valence electrons. The van der Waals surface area contributed by atoms with Crippen molar-refractivity contribution in [1.29, 1.82) is 0 Å². The third kappa shape index (κ3) is 4.57. The van der Waals surface area contributed by atoms with E-state index >= 15 is 0 Å². The number of phenols is 1. The Morgan fingerprint density at radius 1 is 1.26 bits per heavy atom. The minimum Gasteiger partial charge on any atom is -0.507 e. The fourth-order valence-electron chi connectivity index (χ4n) is 2.60. The Balaban J connectivity index is 1.74. The van der Waals surface area contributed by atoms with Crippen LogP contribution in [0, 0.1) is 6.92 Å². The summed E-state index contributed by atoms with van der Waals surface area (Å²) in [5.41, 5.74) is 2.43. The number of hydrogen-bond acceptors (Lipinski definition) is 5. The Kier molecular flexibility index (Phi) is 5.93. The number of rotatable bonds is 7. The van der Waals surface area contributed by atoms with Gasteiger partial charge in [0, 0.05) is 12.2 Å². The van der Waals surface area contributed by atoms with E-state index in [9.17, 15) is 9.90 Å². The van der Waals surface area contributed by atoms with Crippen LogP contribution in [-0.4, -0.2) is 31.5 Å². The zero-order valence-corrected chi connectivity index (χ0v) is 15.7. The average Bonchev–Trinajstić information content (AvgIpc) is 3.03. The van der Waals surface area contributed by atoms with Crippen LogP contribution >= 0.6 is 11.8 Å². The van der Waals surface area contributed by atoms with Crippen LogP contribution in [0.3, 0.4) is 0 Å². The van der Waals surface area contributed by atoms with Gasteiger partial charge in [-0.3, -0.25) is 9.36 Å². The Morgan fingerprint density at radius 2 is 2.07 bits per heavy atom. The molecule has 7 heteroatoms. The number of phenolic OH excluding ortho intramolecular Hbond substituents is 1. The molecular weight excluding hydrogens is 360 g/mol. The Morgan fingerprint density at radius 3 is 2.81 bits per heavy atom. The Hall–Kier alpha value is -3.06. The third-order valence-electron chi connectivity index (χ3n) is 3.81. The standard InChI is InChI=1S/C20H20N4O2S/c1-3-11-24-19(16-9-4-5-10-17(16)25)22-23-20(24)27-13-18(26)21-15-8-6-7-14(2)12-15/h3-10,12,25H,1,11,13H2,2H3,(H,21,26). The lowest BCUT2D eigenvalue weighted by Gasteiger charge is -2.09. The van der Waals surface area contributed by atoms with Gasteiger partial charge in [-0.15, -0.1) is 16.8 Å². The molecule has 0 fully saturated rings. The van der Waals surface area contributed by atoms with Gasteiger partial charge in [-0.05, 0) is 36.8 Å². The molecule has 0 unspecified atom stereocenters. The quantitative estimate of drug-likeness (QED) is 0.480. The topological polar surface area (TPSA) is 80.0 Å².